The van der Waals surface area contributed by atoms with E-state index in [2.05, 4.69) is 13.2 Å². The van der Waals surface area contributed by atoms with Gasteiger partial charge in [-0.2, -0.15) is 0 Å². The van der Waals surface area contributed by atoms with E-state index < -0.39 is 23.9 Å². The molecule has 42 heavy (non-hydrogen) atoms. The van der Waals surface area contributed by atoms with Crippen LogP contribution in [-0.2, 0) is 30.2 Å². The highest BCUT2D eigenvalue weighted by molar-refractivity contribution is 5.91. The molecule has 0 aliphatic rings. The Bertz CT molecular complexity index is 1410. The highest BCUT2D eigenvalue weighted by atomic mass is 16.7. The zero-order chi connectivity index (χ0) is 30.3. The molecule has 218 valence electrons. The van der Waals surface area contributed by atoms with E-state index in [1.165, 1.54) is 43.5 Å². The largest absolute Gasteiger partial charge is 0.493 e. The third-order valence-corrected chi connectivity index (χ3v) is 5.42. The summed E-state index contributed by atoms with van der Waals surface area (Å²) in [5.74, 6) is -1.03. The van der Waals surface area contributed by atoms with Gasteiger partial charge in [-0.1, -0.05) is 19.2 Å². The van der Waals surface area contributed by atoms with Gasteiger partial charge in [-0.15, -0.1) is 0 Å². The van der Waals surface area contributed by atoms with E-state index in [1.807, 2.05) is 0 Å². The number of esters is 4. The van der Waals surface area contributed by atoms with E-state index in [-0.39, 0.29) is 31.5 Å². The maximum absolute atomic E-state index is 12.6. The smallest absolute Gasteiger partial charge is 0.343 e. The summed E-state index contributed by atoms with van der Waals surface area (Å²) in [6.07, 6.45) is 2.43. The summed E-state index contributed by atoms with van der Waals surface area (Å²) in [4.78, 5) is 47.1. The number of ether oxygens (including phenoxy) is 7. The van der Waals surface area contributed by atoms with E-state index in [0.717, 1.165) is 17.7 Å². The van der Waals surface area contributed by atoms with E-state index in [9.17, 15) is 19.2 Å². The molecule has 0 fully saturated rings. The lowest BCUT2D eigenvalue weighted by molar-refractivity contribution is -0.145. The quantitative estimate of drug-likeness (QED) is 0.0836. The second kappa shape index (κ2) is 15.9. The Morgan fingerprint density at radius 1 is 0.667 bits per heavy atom. The average molecular weight is 577 g/mol. The normalized spacial score (nSPS) is 10.0. The predicted molar refractivity (Wildman–Crippen MR) is 148 cm³/mol. The van der Waals surface area contributed by atoms with Gasteiger partial charge in [0.05, 0.1) is 24.8 Å². The molecule has 0 radical (unpaired) electrons. The molecule has 3 rings (SSSR count). The van der Waals surface area contributed by atoms with Crippen LogP contribution in [0.2, 0.25) is 0 Å². The van der Waals surface area contributed by atoms with Crippen LogP contribution >= 0.6 is 0 Å². The Hall–Kier alpha value is -5.58. The van der Waals surface area contributed by atoms with Crippen LogP contribution in [-0.4, -0.2) is 51.2 Å². The van der Waals surface area contributed by atoms with Gasteiger partial charge in [0.15, 0.2) is 11.5 Å². The number of carbonyl (C=O) groups is 4. The molecule has 0 heterocycles. The summed E-state index contributed by atoms with van der Waals surface area (Å²) < 4.78 is 36.2. The van der Waals surface area contributed by atoms with Crippen molar-refractivity contribution in [1.29, 1.82) is 0 Å². The standard InChI is InChI=1S/C31H28O11/c1-4-28(32)40-19-38-24-11-7-22(8-12-24)30(34)37-17-16-21-6-15-26(27(18-21)36-3)42-31(35)23-9-13-25(14-10-23)39-20-41-29(33)5-2/h4-15,18H,1-2,16-17,19-20H2,3H3. The third-order valence-electron chi connectivity index (χ3n) is 5.42. The van der Waals surface area contributed by atoms with E-state index in [4.69, 9.17) is 33.2 Å². The number of carbonyl (C=O) groups excluding carboxylic acids is 4. The highest BCUT2D eigenvalue weighted by Crippen LogP contribution is 2.29. The predicted octanol–water partition coefficient (Wildman–Crippen LogP) is 4.44. The van der Waals surface area contributed by atoms with Crippen molar-refractivity contribution in [3.05, 3.63) is 109 Å². The lowest BCUT2D eigenvalue weighted by Gasteiger charge is -2.12. The fourth-order valence-corrected chi connectivity index (χ4v) is 3.26. The molecule has 0 atom stereocenters. The highest BCUT2D eigenvalue weighted by Gasteiger charge is 2.14. The van der Waals surface area contributed by atoms with Gasteiger partial charge in [0.25, 0.3) is 0 Å². The second-order valence-corrected chi connectivity index (χ2v) is 8.17. The summed E-state index contributed by atoms with van der Waals surface area (Å²) in [5.41, 5.74) is 1.37. The molecule has 0 aromatic heterocycles. The summed E-state index contributed by atoms with van der Waals surface area (Å²) in [6, 6.07) is 17.2. The van der Waals surface area contributed by atoms with Gasteiger partial charge in [-0.05, 0) is 66.2 Å². The number of benzene rings is 3. The van der Waals surface area contributed by atoms with E-state index in [1.54, 1.807) is 30.3 Å². The zero-order valence-corrected chi connectivity index (χ0v) is 22.7. The summed E-state index contributed by atoms with van der Waals surface area (Å²) in [6.45, 7) is 6.10. The maximum atomic E-state index is 12.6. The van der Waals surface area contributed by atoms with Gasteiger partial charge in [0, 0.05) is 18.6 Å². The van der Waals surface area contributed by atoms with Crippen molar-refractivity contribution in [2.24, 2.45) is 0 Å². The van der Waals surface area contributed by atoms with Crippen molar-refractivity contribution < 1.29 is 52.3 Å². The number of methoxy groups -OCH3 is 1. The minimum absolute atomic E-state index is 0.0953. The summed E-state index contributed by atoms with van der Waals surface area (Å²) >= 11 is 0. The Labute approximate surface area is 241 Å². The van der Waals surface area contributed by atoms with Gasteiger partial charge in [0.1, 0.15) is 11.5 Å². The van der Waals surface area contributed by atoms with Crippen molar-refractivity contribution in [2.75, 3.05) is 27.3 Å². The molecule has 0 aliphatic heterocycles. The first kappa shape index (κ1) is 31.0. The van der Waals surface area contributed by atoms with Gasteiger partial charge < -0.3 is 33.2 Å². The minimum Gasteiger partial charge on any atom is -0.493 e. The summed E-state index contributed by atoms with van der Waals surface area (Å²) in [5, 5.41) is 0. The first-order valence-electron chi connectivity index (χ1n) is 12.4. The Morgan fingerprint density at radius 2 is 1.19 bits per heavy atom. The van der Waals surface area contributed by atoms with E-state index >= 15 is 0 Å². The van der Waals surface area contributed by atoms with Crippen molar-refractivity contribution in [3.63, 3.8) is 0 Å². The van der Waals surface area contributed by atoms with Crippen LogP contribution in [0.25, 0.3) is 0 Å². The molecule has 0 spiro atoms. The first-order chi connectivity index (χ1) is 20.3. The minimum atomic E-state index is -0.617. The zero-order valence-electron chi connectivity index (χ0n) is 22.7. The topological polar surface area (TPSA) is 133 Å². The molecule has 0 aliphatic carbocycles. The lowest BCUT2D eigenvalue weighted by Crippen LogP contribution is -2.11. The van der Waals surface area contributed by atoms with Crippen molar-refractivity contribution in [1.82, 2.24) is 0 Å². The molecule has 3 aromatic rings. The molecule has 0 N–H and O–H groups in total. The monoisotopic (exact) mass is 576 g/mol. The Kier molecular flexibility index (Phi) is 11.7. The molecule has 11 heteroatoms. The van der Waals surface area contributed by atoms with E-state index in [0.29, 0.717) is 29.2 Å². The summed E-state index contributed by atoms with van der Waals surface area (Å²) in [7, 11) is 1.44. The van der Waals surface area contributed by atoms with Gasteiger partial charge in [-0.25, -0.2) is 19.2 Å². The van der Waals surface area contributed by atoms with Crippen LogP contribution < -0.4 is 18.9 Å². The SMILES string of the molecule is C=CC(=O)OCOc1ccc(C(=O)OCCc2ccc(OC(=O)c3ccc(OCOC(=O)C=C)cc3)c(OC)c2)cc1. The molecule has 0 amide bonds. The van der Waals surface area contributed by atoms with Gasteiger partial charge in [0.2, 0.25) is 13.6 Å². The lowest BCUT2D eigenvalue weighted by atomic mass is 10.1. The molecular weight excluding hydrogens is 548 g/mol. The van der Waals surface area contributed by atoms with Crippen molar-refractivity contribution >= 4 is 23.9 Å². The third kappa shape index (κ3) is 9.56. The average Bonchev–Trinajstić information content (AvgIpc) is 3.01. The Morgan fingerprint density at radius 3 is 1.69 bits per heavy atom. The number of hydrogen-bond acceptors (Lipinski definition) is 11. The molecule has 3 aromatic carbocycles. The number of hydrogen-bond donors (Lipinski definition) is 0. The molecular formula is C31H28O11. The fourth-order valence-electron chi connectivity index (χ4n) is 3.26. The van der Waals surface area contributed by atoms with Crippen LogP contribution in [0, 0.1) is 0 Å². The van der Waals surface area contributed by atoms with Gasteiger partial charge >= 0.3 is 23.9 Å². The first-order valence-corrected chi connectivity index (χ1v) is 12.4. The number of rotatable bonds is 15. The maximum Gasteiger partial charge on any atom is 0.343 e. The molecule has 0 saturated heterocycles. The van der Waals surface area contributed by atoms with Crippen LogP contribution in [0.5, 0.6) is 23.0 Å². The second-order valence-electron chi connectivity index (χ2n) is 8.17. The molecule has 0 saturated carbocycles. The fraction of sp³-hybridized carbons (Fsp3) is 0.161. The van der Waals surface area contributed by atoms with Crippen LogP contribution in [0.1, 0.15) is 26.3 Å². The van der Waals surface area contributed by atoms with Crippen molar-refractivity contribution in [2.45, 2.75) is 6.42 Å². The molecule has 0 bridgehead atoms. The van der Waals surface area contributed by atoms with Crippen molar-refractivity contribution in [3.8, 4) is 23.0 Å². The van der Waals surface area contributed by atoms with Crippen LogP contribution in [0.3, 0.4) is 0 Å². The van der Waals surface area contributed by atoms with Crippen LogP contribution in [0.4, 0.5) is 0 Å². The molecule has 0 unspecified atom stereocenters. The van der Waals surface area contributed by atoms with Crippen LogP contribution in [0.15, 0.2) is 92.0 Å². The molecule has 11 nitrogen and oxygen atoms in total. The van der Waals surface area contributed by atoms with Gasteiger partial charge in [-0.3, -0.25) is 0 Å². The Balaban J connectivity index is 1.48.